The lowest BCUT2D eigenvalue weighted by molar-refractivity contribution is 0.129. The standard InChI is InChI=1S/C26H37N3O/c1-8-19(16-30-7)21-14-18(5)25-20(15-21)10-12-24(27-25)22-11-13-23(17(3)4)28-26(22)29(6)9-2/h10-14,17,19,21H,8-9,15-16H2,1-7H3/t19-,21?/m1/s1. The fourth-order valence-corrected chi connectivity index (χ4v) is 4.34. The van der Waals surface area contributed by atoms with Crippen molar-refractivity contribution in [2.75, 3.05) is 32.2 Å². The molecule has 0 amide bonds. The topological polar surface area (TPSA) is 38.3 Å². The Bertz CT molecular complexity index is 903. The van der Waals surface area contributed by atoms with Crippen molar-refractivity contribution in [1.29, 1.82) is 0 Å². The fraction of sp³-hybridized carbons (Fsp3) is 0.538. The molecule has 4 heteroatoms. The molecule has 162 valence electrons. The number of anilines is 1. The average molecular weight is 408 g/mol. The first-order valence-electron chi connectivity index (χ1n) is 11.3. The maximum Gasteiger partial charge on any atom is 0.138 e. The number of fused-ring (bicyclic) bond motifs is 1. The summed E-state index contributed by atoms with van der Waals surface area (Å²) in [4.78, 5) is 12.3. The molecule has 2 aromatic heterocycles. The molecule has 0 fully saturated rings. The molecular formula is C26H37N3O. The van der Waals surface area contributed by atoms with Crippen LogP contribution in [-0.4, -0.2) is 37.3 Å². The summed E-state index contributed by atoms with van der Waals surface area (Å²) >= 11 is 0. The SMILES string of the molecule is CC[C@H](COC)C1C=C(C)c2nc(-c3ccc(C(C)C)nc3N(C)CC)ccc2C1. The molecule has 3 rings (SSSR count). The second kappa shape index (κ2) is 9.74. The highest BCUT2D eigenvalue weighted by atomic mass is 16.5. The van der Waals surface area contributed by atoms with E-state index >= 15 is 0 Å². The number of methoxy groups -OCH3 is 1. The quantitative estimate of drug-likeness (QED) is 0.540. The van der Waals surface area contributed by atoms with Gasteiger partial charge in [0.15, 0.2) is 0 Å². The van der Waals surface area contributed by atoms with E-state index in [9.17, 15) is 0 Å². The van der Waals surface area contributed by atoms with E-state index in [1.54, 1.807) is 7.11 Å². The smallest absolute Gasteiger partial charge is 0.138 e. The van der Waals surface area contributed by atoms with E-state index in [1.165, 1.54) is 11.1 Å². The first-order chi connectivity index (χ1) is 14.4. The fourth-order valence-electron chi connectivity index (χ4n) is 4.34. The third-order valence-electron chi connectivity index (χ3n) is 6.38. The van der Waals surface area contributed by atoms with Crippen molar-refractivity contribution in [2.24, 2.45) is 11.8 Å². The normalized spacial score (nSPS) is 16.9. The number of hydrogen-bond acceptors (Lipinski definition) is 4. The van der Waals surface area contributed by atoms with Gasteiger partial charge in [-0.05, 0) is 67.4 Å². The van der Waals surface area contributed by atoms with Gasteiger partial charge in [-0.15, -0.1) is 0 Å². The molecule has 0 saturated heterocycles. The molecule has 1 aliphatic rings. The molecule has 1 unspecified atom stereocenters. The Hall–Kier alpha value is -2.20. The number of nitrogens with zero attached hydrogens (tertiary/aromatic N) is 3. The van der Waals surface area contributed by atoms with Gasteiger partial charge in [0, 0.05) is 38.6 Å². The first kappa shape index (κ1) is 22.5. The molecule has 0 spiro atoms. The zero-order valence-corrected chi connectivity index (χ0v) is 19.7. The average Bonchev–Trinajstić information content (AvgIpc) is 2.76. The van der Waals surface area contributed by atoms with E-state index in [0.717, 1.165) is 54.5 Å². The Balaban J connectivity index is 2.00. The van der Waals surface area contributed by atoms with Crippen LogP contribution in [0.5, 0.6) is 0 Å². The second-order valence-corrected chi connectivity index (χ2v) is 8.82. The monoisotopic (exact) mass is 407 g/mol. The van der Waals surface area contributed by atoms with Crippen LogP contribution in [-0.2, 0) is 11.2 Å². The van der Waals surface area contributed by atoms with Gasteiger partial charge in [0.05, 0.1) is 11.4 Å². The number of ether oxygens (including phenoxy) is 1. The number of hydrogen-bond donors (Lipinski definition) is 0. The van der Waals surface area contributed by atoms with Crippen LogP contribution in [0.25, 0.3) is 16.8 Å². The largest absolute Gasteiger partial charge is 0.384 e. The van der Waals surface area contributed by atoms with Crippen molar-refractivity contribution in [3.05, 3.63) is 47.3 Å². The summed E-state index contributed by atoms with van der Waals surface area (Å²) in [5, 5.41) is 0. The second-order valence-electron chi connectivity index (χ2n) is 8.82. The van der Waals surface area contributed by atoms with Gasteiger partial charge >= 0.3 is 0 Å². The molecule has 0 radical (unpaired) electrons. The molecular weight excluding hydrogens is 370 g/mol. The molecule has 0 aliphatic heterocycles. The summed E-state index contributed by atoms with van der Waals surface area (Å²) in [5.41, 5.74) is 6.98. The van der Waals surface area contributed by atoms with Gasteiger partial charge in [-0.25, -0.2) is 9.97 Å². The Morgan fingerprint density at radius 1 is 1.13 bits per heavy atom. The molecule has 2 aromatic rings. The minimum absolute atomic E-state index is 0.403. The van der Waals surface area contributed by atoms with Gasteiger partial charge in [-0.1, -0.05) is 39.3 Å². The van der Waals surface area contributed by atoms with Gasteiger partial charge in [0.25, 0.3) is 0 Å². The zero-order chi connectivity index (χ0) is 21.8. The van der Waals surface area contributed by atoms with Crippen molar-refractivity contribution < 1.29 is 4.74 Å². The predicted molar refractivity (Wildman–Crippen MR) is 127 cm³/mol. The predicted octanol–water partition coefficient (Wildman–Crippen LogP) is 5.97. The highest BCUT2D eigenvalue weighted by molar-refractivity contribution is 5.76. The Kier molecular flexibility index (Phi) is 7.30. The highest BCUT2D eigenvalue weighted by Crippen LogP contribution is 2.36. The highest BCUT2D eigenvalue weighted by Gasteiger charge is 2.25. The Morgan fingerprint density at radius 2 is 1.90 bits per heavy atom. The summed E-state index contributed by atoms with van der Waals surface area (Å²) in [6, 6.07) is 8.77. The first-order valence-corrected chi connectivity index (χ1v) is 11.3. The Morgan fingerprint density at radius 3 is 2.53 bits per heavy atom. The van der Waals surface area contributed by atoms with Crippen molar-refractivity contribution in [3.63, 3.8) is 0 Å². The molecule has 30 heavy (non-hydrogen) atoms. The summed E-state index contributed by atoms with van der Waals surface area (Å²) in [7, 11) is 3.90. The minimum atomic E-state index is 0.403. The minimum Gasteiger partial charge on any atom is -0.384 e. The number of aromatic nitrogens is 2. The lowest BCUT2D eigenvalue weighted by atomic mass is 9.79. The van der Waals surface area contributed by atoms with Crippen LogP contribution in [0.1, 0.15) is 63.9 Å². The maximum atomic E-state index is 5.46. The van der Waals surface area contributed by atoms with E-state index < -0.39 is 0 Å². The van der Waals surface area contributed by atoms with Crippen molar-refractivity contribution in [1.82, 2.24) is 9.97 Å². The van der Waals surface area contributed by atoms with E-state index in [4.69, 9.17) is 14.7 Å². The van der Waals surface area contributed by atoms with E-state index in [0.29, 0.717) is 17.8 Å². The van der Waals surface area contributed by atoms with Crippen LogP contribution in [0.2, 0.25) is 0 Å². The van der Waals surface area contributed by atoms with E-state index in [2.05, 4.69) is 76.9 Å². The van der Waals surface area contributed by atoms with Gasteiger partial charge in [0.2, 0.25) is 0 Å². The van der Waals surface area contributed by atoms with Crippen molar-refractivity contribution in [3.8, 4) is 11.3 Å². The van der Waals surface area contributed by atoms with Gasteiger partial charge in [0.1, 0.15) is 5.82 Å². The lowest BCUT2D eigenvalue weighted by Gasteiger charge is -2.28. The van der Waals surface area contributed by atoms with Gasteiger partial charge < -0.3 is 9.64 Å². The molecule has 4 nitrogen and oxygen atoms in total. The van der Waals surface area contributed by atoms with Crippen LogP contribution in [0.4, 0.5) is 5.82 Å². The van der Waals surface area contributed by atoms with Crippen LogP contribution in [0.15, 0.2) is 30.3 Å². The number of rotatable bonds is 8. The van der Waals surface area contributed by atoms with Crippen molar-refractivity contribution in [2.45, 2.75) is 53.4 Å². The van der Waals surface area contributed by atoms with Gasteiger partial charge in [-0.2, -0.15) is 0 Å². The van der Waals surface area contributed by atoms with E-state index in [-0.39, 0.29) is 0 Å². The third-order valence-corrected chi connectivity index (χ3v) is 6.38. The maximum absolute atomic E-state index is 5.46. The van der Waals surface area contributed by atoms with Gasteiger partial charge in [-0.3, -0.25) is 0 Å². The summed E-state index contributed by atoms with van der Waals surface area (Å²) < 4.78 is 5.46. The summed E-state index contributed by atoms with van der Waals surface area (Å²) in [5.74, 6) is 2.48. The molecule has 0 aromatic carbocycles. The molecule has 0 bridgehead atoms. The molecule has 2 atom stereocenters. The van der Waals surface area contributed by atoms with Crippen LogP contribution >= 0.6 is 0 Å². The van der Waals surface area contributed by atoms with Crippen LogP contribution in [0.3, 0.4) is 0 Å². The molecule has 2 heterocycles. The van der Waals surface area contributed by atoms with Crippen LogP contribution in [0, 0.1) is 11.8 Å². The summed E-state index contributed by atoms with van der Waals surface area (Å²) in [6.45, 7) is 12.7. The lowest BCUT2D eigenvalue weighted by Crippen LogP contribution is -2.23. The number of allylic oxidation sites excluding steroid dienone is 2. The molecule has 1 aliphatic carbocycles. The Labute approximate surface area is 182 Å². The zero-order valence-electron chi connectivity index (χ0n) is 19.7. The third kappa shape index (κ3) is 4.59. The molecule has 0 saturated carbocycles. The van der Waals surface area contributed by atoms with Crippen molar-refractivity contribution >= 4 is 11.4 Å². The van der Waals surface area contributed by atoms with E-state index in [1.807, 2.05) is 0 Å². The number of pyridine rings is 2. The molecule has 0 N–H and O–H groups in total. The van der Waals surface area contributed by atoms with Crippen LogP contribution < -0.4 is 4.90 Å². The summed E-state index contributed by atoms with van der Waals surface area (Å²) in [6.07, 6.45) is 4.57.